The normalized spacial score (nSPS) is 15.6. The first kappa shape index (κ1) is 9.13. The summed E-state index contributed by atoms with van der Waals surface area (Å²) in [6, 6.07) is 1.94. The van der Waals surface area contributed by atoms with E-state index in [4.69, 9.17) is 5.73 Å². The van der Waals surface area contributed by atoms with Crippen molar-refractivity contribution in [1.29, 1.82) is 0 Å². The van der Waals surface area contributed by atoms with Crippen molar-refractivity contribution in [2.75, 3.05) is 0 Å². The Morgan fingerprint density at radius 3 is 2.42 bits per heavy atom. The lowest BCUT2D eigenvalue weighted by molar-refractivity contribution is 0.525. The monoisotopic (exact) mass is 165 g/mol. The van der Waals surface area contributed by atoms with Crippen LogP contribution < -0.4 is 5.73 Å². The van der Waals surface area contributed by atoms with Crippen LogP contribution in [-0.4, -0.2) is 16.0 Å². The molecule has 0 aliphatic rings. The van der Waals surface area contributed by atoms with E-state index in [2.05, 4.69) is 16.9 Å². The van der Waals surface area contributed by atoms with Crippen LogP contribution >= 0.6 is 0 Å². The predicted octanol–water partition coefficient (Wildman–Crippen LogP) is 1.32. The van der Waals surface area contributed by atoms with Gasteiger partial charge in [-0.15, -0.1) is 0 Å². The van der Waals surface area contributed by atoms with Crippen LogP contribution in [0.3, 0.4) is 0 Å². The molecular formula is C9H15N3. The van der Waals surface area contributed by atoms with E-state index in [-0.39, 0.29) is 12.0 Å². The van der Waals surface area contributed by atoms with Crippen LogP contribution in [0.4, 0.5) is 0 Å². The van der Waals surface area contributed by atoms with Crippen LogP contribution in [-0.2, 0) is 0 Å². The summed E-state index contributed by atoms with van der Waals surface area (Å²) in [4.78, 5) is 8.36. The Balaban J connectivity index is 2.80. The van der Waals surface area contributed by atoms with E-state index in [0.29, 0.717) is 0 Å². The van der Waals surface area contributed by atoms with Gasteiger partial charge in [-0.05, 0) is 19.4 Å². The van der Waals surface area contributed by atoms with Gasteiger partial charge in [-0.3, -0.25) is 0 Å². The Bertz CT molecular complexity index is 220. The average molecular weight is 165 g/mol. The van der Waals surface area contributed by atoms with Crippen molar-refractivity contribution in [3.63, 3.8) is 0 Å². The quantitative estimate of drug-likeness (QED) is 0.734. The highest BCUT2D eigenvalue weighted by molar-refractivity contribution is 4.99. The maximum atomic E-state index is 5.80. The van der Waals surface area contributed by atoms with Gasteiger partial charge in [0.05, 0.1) is 0 Å². The van der Waals surface area contributed by atoms with E-state index in [1.165, 1.54) is 0 Å². The molecule has 1 aromatic rings. The minimum absolute atomic E-state index is 0.123. The first-order chi connectivity index (χ1) is 5.75. The summed E-state index contributed by atoms with van der Waals surface area (Å²) in [5.74, 6) is 1.14. The zero-order valence-electron chi connectivity index (χ0n) is 7.57. The summed E-state index contributed by atoms with van der Waals surface area (Å²) < 4.78 is 0. The zero-order chi connectivity index (χ0) is 8.97. The van der Waals surface area contributed by atoms with Gasteiger partial charge in [0.25, 0.3) is 0 Å². The fourth-order valence-corrected chi connectivity index (χ4v) is 1.29. The highest BCUT2D eigenvalue weighted by atomic mass is 14.9. The molecule has 0 saturated carbocycles. The van der Waals surface area contributed by atoms with Gasteiger partial charge >= 0.3 is 0 Å². The van der Waals surface area contributed by atoms with Gasteiger partial charge in [-0.25, -0.2) is 9.97 Å². The third kappa shape index (κ3) is 2.01. The summed E-state index contributed by atoms with van der Waals surface area (Å²) in [6.45, 7) is 4.09. The maximum absolute atomic E-state index is 5.80. The third-order valence-electron chi connectivity index (χ3n) is 1.99. The molecule has 0 aromatic carbocycles. The Morgan fingerprint density at radius 1 is 1.42 bits per heavy atom. The zero-order valence-corrected chi connectivity index (χ0v) is 7.57. The maximum Gasteiger partial charge on any atom is 0.132 e. The number of nitrogens with two attached hydrogens (primary N) is 1. The van der Waals surface area contributed by atoms with Gasteiger partial charge in [0.15, 0.2) is 0 Å². The third-order valence-corrected chi connectivity index (χ3v) is 1.99. The van der Waals surface area contributed by atoms with Gasteiger partial charge in [-0.2, -0.15) is 0 Å². The summed E-state index contributed by atoms with van der Waals surface area (Å²) in [5.41, 5.74) is 5.80. The lowest BCUT2D eigenvalue weighted by atomic mass is 9.98. The lowest BCUT2D eigenvalue weighted by Gasteiger charge is -2.16. The number of rotatable bonds is 3. The number of hydrogen-bond donors (Lipinski definition) is 1. The van der Waals surface area contributed by atoms with E-state index in [1.807, 2.05) is 13.0 Å². The Hall–Kier alpha value is -0.960. The Kier molecular flexibility index (Phi) is 3.17. The van der Waals surface area contributed by atoms with E-state index in [9.17, 15) is 0 Å². The minimum Gasteiger partial charge on any atom is -0.327 e. The van der Waals surface area contributed by atoms with Gasteiger partial charge in [0, 0.05) is 24.4 Å². The molecule has 12 heavy (non-hydrogen) atoms. The van der Waals surface area contributed by atoms with Gasteiger partial charge in [0.2, 0.25) is 0 Å². The molecule has 0 fully saturated rings. The molecule has 0 aliphatic carbocycles. The van der Waals surface area contributed by atoms with Crippen LogP contribution in [0.2, 0.25) is 0 Å². The molecule has 2 N–H and O–H groups in total. The molecule has 0 radical (unpaired) electrons. The number of aromatic nitrogens is 2. The van der Waals surface area contributed by atoms with Crippen LogP contribution in [0.1, 0.15) is 32.0 Å². The van der Waals surface area contributed by atoms with E-state index in [1.54, 1.807) is 12.4 Å². The molecule has 0 bridgehead atoms. The van der Waals surface area contributed by atoms with Crippen LogP contribution in [0, 0.1) is 0 Å². The first-order valence-electron chi connectivity index (χ1n) is 4.28. The summed E-state index contributed by atoms with van der Waals surface area (Å²) in [6.07, 6.45) is 4.50. The highest BCUT2D eigenvalue weighted by Gasteiger charge is 2.15. The van der Waals surface area contributed by atoms with Gasteiger partial charge < -0.3 is 5.73 Å². The lowest BCUT2D eigenvalue weighted by Crippen LogP contribution is -2.25. The molecule has 2 unspecified atom stereocenters. The standard InChI is InChI=1S/C9H15N3/c1-3-8(7(2)10)9-11-5-4-6-12-9/h4-8H,3,10H2,1-2H3. The van der Waals surface area contributed by atoms with E-state index >= 15 is 0 Å². The topological polar surface area (TPSA) is 51.8 Å². The molecule has 0 aliphatic heterocycles. The highest BCUT2D eigenvalue weighted by Crippen LogP contribution is 2.17. The average Bonchev–Trinajstić information content (AvgIpc) is 2.07. The molecule has 1 rings (SSSR count). The smallest absolute Gasteiger partial charge is 0.132 e. The summed E-state index contributed by atoms with van der Waals surface area (Å²) >= 11 is 0. The molecule has 3 heteroatoms. The Labute approximate surface area is 73.0 Å². The number of nitrogens with zero attached hydrogens (tertiary/aromatic N) is 2. The van der Waals surface area contributed by atoms with Crippen LogP contribution in [0.25, 0.3) is 0 Å². The largest absolute Gasteiger partial charge is 0.327 e. The molecule has 3 nitrogen and oxygen atoms in total. The molecule has 1 aromatic heterocycles. The SMILES string of the molecule is CCC(c1ncccn1)C(C)N. The van der Waals surface area contributed by atoms with Crippen LogP contribution in [0.5, 0.6) is 0 Å². The van der Waals surface area contributed by atoms with Gasteiger partial charge in [0.1, 0.15) is 5.82 Å². The van der Waals surface area contributed by atoms with Crippen molar-refractivity contribution in [3.8, 4) is 0 Å². The van der Waals surface area contributed by atoms with Crippen molar-refractivity contribution >= 4 is 0 Å². The molecule has 0 amide bonds. The summed E-state index contributed by atoms with van der Waals surface area (Å²) in [7, 11) is 0. The van der Waals surface area contributed by atoms with Crippen molar-refractivity contribution in [2.45, 2.75) is 32.2 Å². The molecule has 66 valence electrons. The molecule has 1 heterocycles. The molecular weight excluding hydrogens is 150 g/mol. The van der Waals surface area contributed by atoms with Crippen molar-refractivity contribution < 1.29 is 0 Å². The van der Waals surface area contributed by atoms with Gasteiger partial charge in [-0.1, -0.05) is 6.92 Å². The van der Waals surface area contributed by atoms with Crippen molar-refractivity contribution in [1.82, 2.24) is 9.97 Å². The first-order valence-corrected chi connectivity index (χ1v) is 4.28. The summed E-state index contributed by atoms with van der Waals surface area (Å²) in [5, 5.41) is 0. The minimum atomic E-state index is 0.123. The Morgan fingerprint density at radius 2 is 2.00 bits per heavy atom. The van der Waals surface area contributed by atoms with Crippen LogP contribution in [0.15, 0.2) is 18.5 Å². The molecule has 2 atom stereocenters. The fourth-order valence-electron chi connectivity index (χ4n) is 1.29. The fraction of sp³-hybridized carbons (Fsp3) is 0.556. The predicted molar refractivity (Wildman–Crippen MR) is 48.7 cm³/mol. The molecule has 0 saturated heterocycles. The van der Waals surface area contributed by atoms with Crippen molar-refractivity contribution in [3.05, 3.63) is 24.3 Å². The van der Waals surface area contributed by atoms with E-state index < -0.39 is 0 Å². The van der Waals surface area contributed by atoms with E-state index in [0.717, 1.165) is 12.2 Å². The second-order valence-electron chi connectivity index (χ2n) is 2.98. The second-order valence-corrected chi connectivity index (χ2v) is 2.98. The van der Waals surface area contributed by atoms with Crippen molar-refractivity contribution in [2.24, 2.45) is 5.73 Å². The number of hydrogen-bond acceptors (Lipinski definition) is 3. The second kappa shape index (κ2) is 4.16. The molecule has 0 spiro atoms.